The van der Waals surface area contributed by atoms with Gasteiger partial charge in [0.25, 0.3) is 0 Å². The van der Waals surface area contributed by atoms with Crippen LogP contribution in [0.1, 0.15) is 27.9 Å². The van der Waals surface area contributed by atoms with Crippen molar-refractivity contribution in [3.05, 3.63) is 107 Å². The molecule has 0 saturated heterocycles. The van der Waals surface area contributed by atoms with Gasteiger partial charge >= 0.3 is 23.5 Å². The molecule has 1 radical (unpaired) electrons. The summed E-state index contributed by atoms with van der Waals surface area (Å²) in [7, 11) is 0. The number of hydrogen-bond donors (Lipinski definition) is 0. The minimum absolute atomic E-state index is 0. The van der Waals surface area contributed by atoms with Gasteiger partial charge in [0.15, 0.2) is 0 Å². The van der Waals surface area contributed by atoms with E-state index >= 15 is 0 Å². The van der Waals surface area contributed by atoms with Crippen LogP contribution in [0.25, 0.3) is 10.8 Å². The van der Waals surface area contributed by atoms with Crippen LogP contribution in [0.3, 0.4) is 0 Å². The summed E-state index contributed by atoms with van der Waals surface area (Å²) in [6.45, 7) is 0. The molecule has 1 nitrogen and oxygen atoms in total. The van der Waals surface area contributed by atoms with E-state index in [4.69, 9.17) is 0 Å². The third-order valence-electron chi connectivity index (χ3n) is 4.77. The van der Waals surface area contributed by atoms with Gasteiger partial charge in [-0.2, -0.15) is 13.2 Å². The quantitative estimate of drug-likeness (QED) is 0.374. The number of aromatic nitrogens is 1. The van der Waals surface area contributed by atoms with Crippen molar-refractivity contribution >= 4 is 10.8 Å². The van der Waals surface area contributed by atoms with E-state index in [-0.39, 0.29) is 48.6 Å². The molecule has 155 valence electrons. The van der Waals surface area contributed by atoms with Crippen molar-refractivity contribution in [1.82, 2.24) is 4.98 Å². The van der Waals surface area contributed by atoms with Gasteiger partial charge in [-0.3, -0.25) is 4.98 Å². The van der Waals surface area contributed by atoms with Gasteiger partial charge in [0.05, 0.1) is 5.56 Å². The molecular weight excluding hydrogens is 470 g/mol. The van der Waals surface area contributed by atoms with Crippen LogP contribution in [0.5, 0.6) is 0 Å². The number of alkyl halides is 3. The maximum Gasteiger partial charge on any atom is 3.00 e. The Morgan fingerprint density at radius 1 is 0.800 bits per heavy atom. The van der Waals surface area contributed by atoms with Crippen LogP contribution in [-0.4, -0.2) is 4.98 Å². The summed E-state index contributed by atoms with van der Waals surface area (Å²) in [6, 6.07) is 21.5. The maximum absolute atomic E-state index is 13.3. The average Bonchev–Trinajstić information content (AvgIpc) is 3.00. The summed E-state index contributed by atoms with van der Waals surface area (Å²) in [6.07, 6.45) is -1.70. The van der Waals surface area contributed by atoms with E-state index in [1.807, 2.05) is 48.5 Å². The van der Waals surface area contributed by atoms with E-state index in [0.29, 0.717) is 12.0 Å². The molecule has 0 fully saturated rings. The molecule has 0 spiro atoms. The summed E-state index contributed by atoms with van der Waals surface area (Å²) in [5.41, 5.74) is 2.67. The molecular formula is C23H17Cl2CrF3N. The summed E-state index contributed by atoms with van der Waals surface area (Å²) >= 11 is 0. The van der Waals surface area contributed by atoms with Crippen molar-refractivity contribution in [2.75, 3.05) is 0 Å². The number of halogens is 5. The summed E-state index contributed by atoms with van der Waals surface area (Å²) in [4.78, 5) is 4.37. The van der Waals surface area contributed by atoms with Crippen molar-refractivity contribution in [2.45, 2.75) is 19.0 Å². The molecule has 0 unspecified atom stereocenters. The Morgan fingerprint density at radius 3 is 2.17 bits per heavy atom. The Hall–Kier alpha value is -1.90. The van der Waals surface area contributed by atoms with E-state index in [2.05, 4.69) is 4.98 Å². The zero-order chi connectivity index (χ0) is 18.9. The van der Waals surface area contributed by atoms with Crippen LogP contribution >= 0.6 is 0 Å². The van der Waals surface area contributed by atoms with E-state index < -0.39 is 11.7 Å². The van der Waals surface area contributed by atoms with E-state index in [1.165, 1.54) is 6.07 Å². The average molecular weight is 487 g/mol. The second-order valence-corrected chi connectivity index (χ2v) is 6.57. The number of benzene rings is 2. The molecule has 0 atom stereocenters. The van der Waals surface area contributed by atoms with Crippen LogP contribution < -0.4 is 24.8 Å². The summed E-state index contributed by atoms with van der Waals surface area (Å²) in [5.74, 6) is 0. The van der Waals surface area contributed by atoms with E-state index in [1.54, 1.807) is 18.3 Å². The second-order valence-electron chi connectivity index (χ2n) is 6.57. The second kappa shape index (κ2) is 10.9. The molecule has 0 bridgehead atoms. The Kier molecular flexibility index (Phi) is 9.52. The molecule has 0 amide bonds. The van der Waals surface area contributed by atoms with Crippen molar-refractivity contribution < 1.29 is 55.3 Å². The maximum atomic E-state index is 13.3. The van der Waals surface area contributed by atoms with Gasteiger partial charge in [0.1, 0.15) is 0 Å². The minimum Gasteiger partial charge on any atom is -1.00 e. The molecule has 4 aromatic rings. The van der Waals surface area contributed by atoms with Crippen LogP contribution in [-0.2, 0) is 36.4 Å². The van der Waals surface area contributed by atoms with Crippen LogP contribution in [0.4, 0.5) is 13.2 Å². The fraction of sp³-hybridized carbons (Fsp3) is 0.130. The first-order valence-corrected chi connectivity index (χ1v) is 8.73. The standard InChI is InChI=1S/C23H17F3N.2ClH.Cr/c24-23(25,26)22-11-4-1-7-16(22)13-17-14-18(15-19-8-5-6-12-27-19)21-10-3-2-9-20(17)21;;;/h1-12,14H,13,15H2;2*1H;/q-1;;;+3/p-2. The van der Waals surface area contributed by atoms with Crippen molar-refractivity contribution in [1.29, 1.82) is 0 Å². The van der Waals surface area contributed by atoms with Gasteiger partial charge in [-0.25, -0.2) is 0 Å². The normalized spacial score (nSPS) is 10.6. The molecule has 0 saturated carbocycles. The van der Waals surface area contributed by atoms with Gasteiger partial charge in [-0.1, -0.05) is 30.3 Å². The van der Waals surface area contributed by atoms with Gasteiger partial charge in [-0.05, 0) is 36.6 Å². The molecule has 1 heterocycles. The molecule has 0 aliphatic rings. The predicted molar refractivity (Wildman–Crippen MR) is 101 cm³/mol. The third-order valence-corrected chi connectivity index (χ3v) is 4.77. The van der Waals surface area contributed by atoms with Gasteiger partial charge in [0.2, 0.25) is 0 Å². The monoisotopic (exact) mass is 486 g/mol. The van der Waals surface area contributed by atoms with Gasteiger partial charge in [0, 0.05) is 11.9 Å². The fourth-order valence-corrected chi connectivity index (χ4v) is 3.56. The minimum atomic E-state index is -4.35. The van der Waals surface area contributed by atoms with Gasteiger partial charge in [-0.15, -0.1) is 46.2 Å². The molecule has 0 aliphatic heterocycles. The van der Waals surface area contributed by atoms with Gasteiger partial charge < -0.3 is 24.8 Å². The van der Waals surface area contributed by atoms with Crippen molar-refractivity contribution in [3.63, 3.8) is 0 Å². The number of fused-ring (bicyclic) bond motifs is 1. The first kappa shape index (κ1) is 26.1. The topological polar surface area (TPSA) is 12.9 Å². The largest absolute Gasteiger partial charge is 3.00 e. The smallest absolute Gasteiger partial charge is 1.00 e. The Bertz CT molecular complexity index is 1080. The number of nitrogens with zero attached hydrogens (tertiary/aromatic N) is 1. The predicted octanol–water partition coefficient (Wildman–Crippen LogP) is 0.160. The molecule has 3 aromatic carbocycles. The van der Waals surface area contributed by atoms with Crippen molar-refractivity contribution in [2.24, 2.45) is 0 Å². The summed E-state index contributed by atoms with van der Waals surface area (Å²) < 4.78 is 40.0. The fourth-order valence-electron chi connectivity index (χ4n) is 3.56. The Morgan fingerprint density at radius 2 is 1.47 bits per heavy atom. The number of rotatable bonds is 4. The molecule has 1 aromatic heterocycles. The van der Waals surface area contributed by atoms with E-state index in [0.717, 1.165) is 33.7 Å². The van der Waals surface area contributed by atoms with E-state index in [9.17, 15) is 13.2 Å². The van der Waals surface area contributed by atoms with Crippen molar-refractivity contribution in [3.8, 4) is 0 Å². The number of pyridine rings is 1. The summed E-state index contributed by atoms with van der Waals surface area (Å²) in [5, 5.41) is 2.07. The van der Waals surface area contributed by atoms with Crippen LogP contribution in [0.15, 0.2) is 79.0 Å². The first-order valence-electron chi connectivity index (χ1n) is 8.73. The van der Waals surface area contributed by atoms with Crippen LogP contribution in [0, 0.1) is 0 Å². The van der Waals surface area contributed by atoms with Crippen LogP contribution in [0.2, 0.25) is 0 Å². The SMILES string of the molecule is FC(F)(F)c1ccccc1Cc1c[c-](Cc2ccccn2)c2ccccc12.[Cl-].[Cl-].[Cr+3]. The molecule has 0 N–H and O–H groups in total. The molecule has 4 rings (SSSR count). The molecule has 7 heteroatoms. The third kappa shape index (κ3) is 5.62. The Balaban J connectivity index is 0.00000150. The Labute approximate surface area is 196 Å². The zero-order valence-corrected chi connectivity index (χ0v) is 18.5. The molecule has 30 heavy (non-hydrogen) atoms. The zero-order valence-electron chi connectivity index (χ0n) is 15.7. The first-order chi connectivity index (χ1) is 13.0. The number of hydrogen-bond acceptors (Lipinski definition) is 1. The molecule has 0 aliphatic carbocycles.